The van der Waals surface area contributed by atoms with Gasteiger partial charge in [0.15, 0.2) is 0 Å². The molecule has 0 fully saturated rings. The van der Waals surface area contributed by atoms with Crippen molar-refractivity contribution in [2.45, 2.75) is 19.0 Å². The van der Waals surface area contributed by atoms with Gasteiger partial charge in [-0.1, -0.05) is 23.7 Å². The summed E-state index contributed by atoms with van der Waals surface area (Å²) in [5, 5.41) is 1.19. The van der Waals surface area contributed by atoms with Crippen molar-refractivity contribution in [1.82, 2.24) is 14.3 Å². The van der Waals surface area contributed by atoms with E-state index in [0.29, 0.717) is 20.3 Å². The van der Waals surface area contributed by atoms with Crippen LogP contribution < -0.4 is 9.72 Å². The van der Waals surface area contributed by atoms with Crippen molar-refractivity contribution in [2.75, 3.05) is 19.9 Å². The van der Waals surface area contributed by atoms with Gasteiger partial charge in [-0.2, -0.15) is 0 Å². The molecule has 0 saturated carbocycles. The Morgan fingerprint density at radius 2 is 2.00 bits per heavy atom. The predicted octanol–water partition coefficient (Wildman–Crippen LogP) is 3.68. The van der Waals surface area contributed by atoms with Gasteiger partial charge in [0.05, 0.1) is 33.0 Å². The van der Waals surface area contributed by atoms with E-state index < -0.39 is 25.1 Å². The van der Waals surface area contributed by atoms with Crippen LogP contribution in [0.1, 0.15) is 17.4 Å². The van der Waals surface area contributed by atoms with Gasteiger partial charge in [0, 0.05) is 25.2 Å². The summed E-state index contributed by atoms with van der Waals surface area (Å²) in [5.74, 6) is 0.393. The molecule has 1 N–H and O–H groups in total. The summed E-state index contributed by atoms with van der Waals surface area (Å²) in [6.07, 6.45) is 1.62. The molecule has 0 aliphatic carbocycles. The van der Waals surface area contributed by atoms with Gasteiger partial charge >= 0.3 is 9.57 Å². The zero-order valence-corrected chi connectivity index (χ0v) is 22.2. The monoisotopic (exact) mass is 561 g/mol. The number of pyridine rings is 1. The first-order valence-corrected chi connectivity index (χ1v) is 13.8. The van der Waals surface area contributed by atoms with Crippen LogP contribution in [0.4, 0.5) is 0 Å². The largest absolute Gasteiger partial charge is 0.497 e. The van der Waals surface area contributed by atoms with E-state index in [1.165, 1.54) is 22.7 Å². The van der Waals surface area contributed by atoms with E-state index in [-0.39, 0.29) is 12.3 Å². The number of hydrogen-bond donors (Lipinski definition) is 1. The topological polar surface area (TPSA) is 88.6 Å². The molecular formula is C19H21BrClN3O4S2Si. The molecule has 12 heteroatoms. The highest BCUT2D eigenvalue weighted by atomic mass is 79.9. The first kappa shape index (κ1) is 24.3. The summed E-state index contributed by atoms with van der Waals surface area (Å²) in [6, 6.07) is 8.97. The fraction of sp³-hybridized carbons (Fsp3) is 0.316. The highest BCUT2D eigenvalue weighted by Crippen LogP contribution is 2.43. The second-order valence-corrected chi connectivity index (χ2v) is 11.9. The van der Waals surface area contributed by atoms with Crippen molar-refractivity contribution in [3.63, 3.8) is 0 Å². The van der Waals surface area contributed by atoms with Crippen LogP contribution >= 0.6 is 38.9 Å². The molecule has 2 heterocycles. The Morgan fingerprint density at radius 1 is 1.32 bits per heavy atom. The number of fused-ring (bicyclic) bond motifs is 1. The van der Waals surface area contributed by atoms with E-state index >= 15 is 0 Å². The number of hydrogen-bond acceptors (Lipinski definition) is 6. The summed E-state index contributed by atoms with van der Waals surface area (Å²) in [6.45, 7) is 1.90. The van der Waals surface area contributed by atoms with Crippen molar-refractivity contribution in [3.05, 3.63) is 56.6 Å². The van der Waals surface area contributed by atoms with Gasteiger partial charge in [-0.05, 0) is 46.6 Å². The Bertz CT molecular complexity index is 1210. The van der Waals surface area contributed by atoms with Gasteiger partial charge in [-0.3, -0.25) is 0 Å². The lowest BCUT2D eigenvalue weighted by molar-refractivity contribution is 0.413. The summed E-state index contributed by atoms with van der Waals surface area (Å²) in [7, 11) is -2.05. The standard InChI is InChI=1S/C19H21BrClN3O4S2Si/c1-19(23-31-27,17-15(21)14-8-9-22-18(20)16(14)29-17)11-30(25,26)24(2)10-12-4-6-13(28-3)7-5-12/h4-9,23,31H,10-11H2,1-3H3/t19-/m0/s1. The first-order chi connectivity index (χ1) is 14.6. The molecule has 7 nitrogen and oxygen atoms in total. The third kappa shape index (κ3) is 5.17. The van der Waals surface area contributed by atoms with Crippen LogP contribution in [0.25, 0.3) is 10.1 Å². The van der Waals surface area contributed by atoms with Crippen LogP contribution in [0.3, 0.4) is 0 Å². The maximum Gasteiger partial charge on any atom is 0.377 e. The van der Waals surface area contributed by atoms with Crippen LogP contribution in [0, 0.1) is 0 Å². The smallest absolute Gasteiger partial charge is 0.377 e. The highest BCUT2D eigenvalue weighted by molar-refractivity contribution is 9.10. The number of methoxy groups -OCH3 is 1. The number of ether oxygens (including phenoxy) is 1. The van der Waals surface area contributed by atoms with Gasteiger partial charge in [-0.25, -0.2) is 17.7 Å². The van der Waals surface area contributed by atoms with Crippen LogP contribution in [0.15, 0.2) is 41.1 Å². The average molecular weight is 563 g/mol. The molecule has 0 amide bonds. The molecule has 1 aromatic carbocycles. The fourth-order valence-corrected chi connectivity index (χ4v) is 7.84. The average Bonchev–Trinajstić information content (AvgIpc) is 3.07. The third-order valence-electron chi connectivity index (χ3n) is 4.89. The lowest BCUT2D eigenvalue weighted by Gasteiger charge is -2.30. The Morgan fingerprint density at radius 3 is 2.58 bits per heavy atom. The van der Waals surface area contributed by atoms with Gasteiger partial charge < -0.3 is 14.2 Å². The van der Waals surface area contributed by atoms with Gasteiger partial charge in [0.2, 0.25) is 10.0 Å². The maximum atomic E-state index is 13.2. The van der Waals surface area contributed by atoms with Crippen LogP contribution in [-0.4, -0.2) is 47.2 Å². The lowest BCUT2D eigenvalue weighted by Crippen LogP contribution is -2.47. The molecule has 3 aromatic rings. The molecule has 0 spiro atoms. The van der Waals surface area contributed by atoms with Gasteiger partial charge in [0.1, 0.15) is 10.4 Å². The maximum absolute atomic E-state index is 13.2. The molecule has 166 valence electrons. The normalized spacial score (nSPS) is 13.9. The highest BCUT2D eigenvalue weighted by Gasteiger charge is 2.38. The molecule has 1 atom stereocenters. The van der Waals surface area contributed by atoms with E-state index in [1.807, 2.05) is 12.1 Å². The number of rotatable bonds is 9. The minimum absolute atomic E-state index is 0.197. The second kappa shape index (κ2) is 9.63. The summed E-state index contributed by atoms with van der Waals surface area (Å²) >= 11 is 11.4. The minimum atomic E-state index is -3.73. The molecule has 0 unspecified atom stereocenters. The van der Waals surface area contributed by atoms with E-state index in [9.17, 15) is 12.9 Å². The summed E-state index contributed by atoms with van der Waals surface area (Å²) in [4.78, 5) is 7.69. The molecule has 2 aromatic heterocycles. The minimum Gasteiger partial charge on any atom is -0.497 e. The van der Waals surface area contributed by atoms with Crippen LogP contribution in [-0.2, 0) is 26.6 Å². The Kier molecular flexibility index (Phi) is 7.54. The summed E-state index contributed by atoms with van der Waals surface area (Å²) < 4.78 is 45.9. The van der Waals surface area contributed by atoms with Crippen molar-refractivity contribution in [2.24, 2.45) is 0 Å². The quantitative estimate of drug-likeness (QED) is 0.316. The molecule has 0 aliphatic rings. The number of nitrogens with zero attached hydrogens (tertiary/aromatic N) is 2. The van der Waals surface area contributed by atoms with E-state index in [0.717, 1.165) is 15.6 Å². The molecule has 0 radical (unpaired) electrons. The molecular weight excluding hydrogens is 542 g/mol. The number of nitrogens with one attached hydrogen (secondary N) is 1. The Balaban J connectivity index is 1.92. The Hall–Kier alpha value is -1.37. The summed E-state index contributed by atoms with van der Waals surface area (Å²) in [5.41, 5.74) is -0.310. The van der Waals surface area contributed by atoms with Crippen molar-refractivity contribution >= 4 is 68.5 Å². The van der Waals surface area contributed by atoms with Crippen LogP contribution in [0.2, 0.25) is 5.02 Å². The number of thiophene rings is 1. The fourth-order valence-electron chi connectivity index (χ4n) is 3.18. The second-order valence-electron chi connectivity index (χ2n) is 7.18. The molecule has 0 aliphatic heterocycles. The number of aromatic nitrogens is 1. The van der Waals surface area contributed by atoms with Crippen LogP contribution in [0.5, 0.6) is 5.75 Å². The lowest BCUT2D eigenvalue weighted by atomic mass is 10.0. The van der Waals surface area contributed by atoms with Crippen molar-refractivity contribution in [3.8, 4) is 5.75 Å². The van der Waals surface area contributed by atoms with E-state index in [1.54, 1.807) is 38.4 Å². The SMILES string of the molecule is COc1ccc(CN(C)S(=O)(=O)C[C@](C)(N[SiH]=O)c2sc3c(Br)nccc3c2Cl)cc1. The first-order valence-electron chi connectivity index (χ1n) is 9.12. The molecule has 0 bridgehead atoms. The number of sulfonamides is 1. The third-order valence-corrected chi connectivity index (χ3v) is 10.5. The number of halogens is 2. The zero-order valence-electron chi connectivity index (χ0n) is 17.1. The van der Waals surface area contributed by atoms with Gasteiger partial charge in [0.25, 0.3) is 0 Å². The van der Waals surface area contributed by atoms with E-state index in [4.69, 9.17) is 16.3 Å². The Labute approximate surface area is 200 Å². The molecule has 3 rings (SSSR count). The number of benzene rings is 1. The van der Waals surface area contributed by atoms with Crippen molar-refractivity contribution < 1.29 is 17.6 Å². The zero-order chi connectivity index (χ0) is 22.8. The molecule has 0 saturated heterocycles. The predicted molar refractivity (Wildman–Crippen MR) is 129 cm³/mol. The van der Waals surface area contributed by atoms with Gasteiger partial charge in [-0.15, -0.1) is 11.3 Å². The van der Waals surface area contributed by atoms with Crippen molar-refractivity contribution in [1.29, 1.82) is 0 Å². The molecule has 31 heavy (non-hydrogen) atoms. The van der Waals surface area contributed by atoms with E-state index in [2.05, 4.69) is 25.9 Å².